The molecule has 0 aliphatic heterocycles. The first kappa shape index (κ1) is 14.9. The first-order chi connectivity index (χ1) is 9.88. The fraction of sp³-hybridized carbons (Fsp3) is 0.0769. The van der Waals surface area contributed by atoms with Crippen LogP contribution >= 0.6 is 15.9 Å². The molecule has 2 aromatic rings. The highest BCUT2D eigenvalue weighted by Crippen LogP contribution is 2.20. The third-order valence-corrected chi connectivity index (χ3v) is 3.56. The molecule has 0 bridgehead atoms. The van der Waals surface area contributed by atoms with Crippen molar-refractivity contribution in [2.75, 3.05) is 0 Å². The van der Waals surface area contributed by atoms with Gasteiger partial charge in [-0.25, -0.2) is 4.79 Å². The molecule has 0 spiro atoms. The lowest BCUT2D eigenvalue weighted by Crippen LogP contribution is -2.19. The van der Waals surface area contributed by atoms with Crippen molar-refractivity contribution in [3.8, 4) is 0 Å². The number of aromatic carboxylic acids is 1. The predicted molar refractivity (Wildman–Crippen MR) is 77.6 cm³/mol. The summed E-state index contributed by atoms with van der Waals surface area (Å²) in [7, 11) is 0. The maximum atomic E-state index is 11.7. The zero-order valence-electron chi connectivity index (χ0n) is 10.5. The number of benzene rings is 1. The van der Waals surface area contributed by atoms with Gasteiger partial charge >= 0.3 is 5.97 Å². The molecule has 1 aromatic carbocycles. The molecule has 0 radical (unpaired) electrons. The smallest absolute Gasteiger partial charge is 0.335 e. The molecule has 1 aromatic heterocycles. The summed E-state index contributed by atoms with van der Waals surface area (Å²) in [6, 6.07) is 6.64. The molecule has 0 amide bonds. The minimum Gasteiger partial charge on any atom is -0.478 e. The van der Waals surface area contributed by atoms with E-state index >= 15 is 0 Å². The van der Waals surface area contributed by atoms with Gasteiger partial charge in [0.2, 0.25) is 0 Å². The number of carboxylic acids is 1. The Morgan fingerprint density at radius 1 is 1.33 bits per heavy atom. The Bertz CT molecular complexity index is 784. The van der Waals surface area contributed by atoms with E-state index in [9.17, 15) is 19.7 Å². The van der Waals surface area contributed by atoms with Crippen LogP contribution in [0.5, 0.6) is 0 Å². The minimum absolute atomic E-state index is 0.0982. The van der Waals surface area contributed by atoms with Crippen LogP contribution in [-0.4, -0.2) is 20.6 Å². The number of carbonyl (C=O) groups is 1. The molecule has 1 heterocycles. The Balaban J connectivity index is 2.38. The fourth-order valence-corrected chi connectivity index (χ4v) is 2.25. The number of nitro groups is 1. The fourth-order valence-electron chi connectivity index (χ4n) is 1.74. The summed E-state index contributed by atoms with van der Waals surface area (Å²) in [5.41, 5.74) is 0.183. The van der Waals surface area contributed by atoms with Gasteiger partial charge in [0, 0.05) is 16.6 Å². The number of hydrogen-bond acceptors (Lipinski definition) is 4. The van der Waals surface area contributed by atoms with Crippen LogP contribution in [0.2, 0.25) is 0 Å². The summed E-state index contributed by atoms with van der Waals surface area (Å²) in [6.07, 6.45) is 1.15. The zero-order valence-corrected chi connectivity index (χ0v) is 12.1. The molecule has 0 fully saturated rings. The van der Waals surface area contributed by atoms with Crippen molar-refractivity contribution in [2.45, 2.75) is 6.54 Å². The van der Waals surface area contributed by atoms with Gasteiger partial charge in [-0.1, -0.05) is 22.0 Å². The van der Waals surface area contributed by atoms with Gasteiger partial charge < -0.3 is 9.67 Å². The monoisotopic (exact) mass is 352 g/mol. The average Bonchev–Trinajstić information content (AvgIpc) is 2.42. The molecule has 7 nitrogen and oxygen atoms in total. The minimum atomic E-state index is -1.06. The van der Waals surface area contributed by atoms with Gasteiger partial charge in [0.05, 0.1) is 23.2 Å². The second-order valence-corrected chi connectivity index (χ2v) is 5.08. The van der Waals surface area contributed by atoms with E-state index in [1.165, 1.54) is 16.7 Å². The third-order valence-electron chi connectivity index (χ3n) is 2.82. The van der Waals surface area contributed by atoms with Crippen molar-refractivity contribution in [3.05, 3.63) is 72.6 Å². The largest absolute Gasteiger partial charge is 0.478 e. The molecule has 0 saturated carbocycles. The normalized spacial score (nSPS) is 10.3. The maximum absolute atomic E-state index is 11.7. The summed E-state index contributed by atoms with van der Waals surface area (Å²) >= 11 is 3.23. The van der Waals surface area contributed by atoms with Crippen molar-refractivity contribution >= 4 is 27.6 Å². The van der Waals surface area contributed by atoms with Gasteiger partial charge in [0.1, 0.15) is 0 Å². The lowest BCUT2D eigenvalue weighted by atomic mass is 10.1. The zero-order chi connectivity index (χ0) is 15.6. The standard InChI is InChI=1S/C13H9BrN2O5/c14-11-5-8(13(18)19)1-2-9(11)6-15-7-10(16(20)21)3-4-12(15)17/h1-5,7H,6H2,(H,18,19). The van der Waals surface area contributed by atoms with Crippen molar-refractivity contribution in [2.24, 2.45) is 0 Å². The molecule has 0 unspecified atom stereocenters. The quantitative estimate of drug-likeness (QED) is 0.671. The van der Waals surface area contributed by atoms with Crippen molar-refractivity contribution in [3.63, 3.8) is 0 Å². The molecule has 0 saturated heterocycles. The molecule has 21 heavy (non-hydrogen) atoms. The Hall–Kier alpha value is -2.48. The number of halogens is 1. The van der Waals surface area contributed by atoms with Gasteiger partial charge in [0.25, 0.3) is 11.2 Å². The molecule has 1 N–H and O–H groups in total. The van der Waals surface area contributed by atoms with Crippen LogP contribution in [0, 0.1) is 10.1 Å². The molecule has 8 heteroatoms. The lowest BCUT2D eigenvalue weighted by Gasteiger charge is -2.08. The van der Waals surface area contributed by atoms with Gasteiger partial charge in [-0.3, -0.25) is 14.9 Å². The summed E-state index contributed by atoms with van der Waals surface area (Å²) in [6.45, 7) is 0.0982. The van der Waals surface area contributed by atoms with E-state index in [0.717, 1.165) is 18.3 Å². The van der Waals surface area contributed by atoms with Gasteiger partial charge in [-0.2, -0.15) is 0 Å². The number of hydrogen-bond donors (Lipinski definition) is 1. The Morgan fingerprint density at radius 3 is 2.62 bits per heavy atom. The molecule has 0 aliphatic carbocycles. The van der Waals surface area contributed by atoms with E-state index in [0.29, 0.717) is 10.0 Å². The van der Waals surface area contributed by atoms with Crippen LogP contribution < -0.4 is 5.56 Å². The van der Waals surface area contributed by atoms with Crippen LogP contribution in [-0.2, 0) is 6.54 Å². The number of aromatic nitrogens is 1. The average molecular weight is 353 g/mol. The SMILES string of the molecule is O=C(O)c1ccc(Cn2cc([N+](=O)[O-])ccc2=O)c(Br)c1. The van der Waals surface area contributed by atoms with Crippen LogP contribution in [0.3, 0.4) is 0 Å². The first-order valence-corrected chi connectivity index (χ1v) is 6.54. The number of pyridine rings is 1. The highest BCUT2D eigenvalue weighted by Gasteiger charge is 2.11. The summed E-state index contributed by atoms with van der Waals surface area (Å²) in [4.78, 5) is 32.7. The Labute approximate surface area is 126 Å². The van der Waals surface area contributed by atoms with Crippen molar-refractivity contribution in [1.29, 1.82) is 0 Å². The third kappa shape index (κ3) is 3.34. The maximum Gasteiger partial charge on any atom is 0.335 e. The van der Waals surface area contributed by atoms with Crippen molar-refractivity contribution in [1.82, 2.24) is 4.57 Å². The van der Waals surface area contributed by atoms with Gasteiger partial charge in [0.15, 0.2) is 0 Å². The number of rotatable bonds is 4. The highest BCUT2D eigenvalue weighted by atomic mass is 79.9. The second-order valence-electron chi connectivity index (χ2n) is 4.22. The highest BCUT2D eigenvalue weighted by molar-refractivity contribution is 9.10. The van der Waals surface area contributed by atoms with Crippen LogP contribution in [0.25, 0.3) is 0 Å². The van der Waals surface area contributed by atoms with E-state index in [4.69, 9.17) is 5.11 Å². The van der Waals surface area contributed by atoms with Crippen molar-refractivity contribution < 1.29 is 14.8 Å². The summed E-state index contributed by atoms with van der Waals surface area (Å²) in [5.74, 6) is -1.06. The Kier molecular flexibility index (Phi) is 4.18. The second kappa shape index (κ2) is 5.88. The van der Waals surface area contributed by atoms with Crippen LogP contribution in [0.1, 0.15) is 15.9 Å². The molecule has 108 valence electrons. The Morgan fingerprint density at radius 2 is 2.05 bits per heavy atom. The number of nitrogens with zero attached hydrogens (tertiary/aromatic N) is 2. The summed E-state index contributed by atoms with van der Waals surface area (Å²) in [5, 5.41) is 19.6. The van der Waals surface area contributed by atoms with E-state index in [2.05, 4.69) is 15.9 Å². The molecular weight excluding hydrogens is 344 g/mol. The van der Waals surface area contributed by atoms with E-state index in [1.54, 1.807) is 6.07 Å². The lowest BCUT2D eigenvalue weighted by molar-refractivity contribution is -0.385. The molecule has 2 rings (SSSR count). The number of carboxylic acid groups (broad SMARTS) is 1. The predicted octanol–water partition coefficient (Wildman–Crippen LogP) is 2.27. The van der Waals surface area contributed by atoms with E-state index in [1.807, 2.05) is 0 Å². The summed E-state index contributed by atoms with van der Waals surface area (Å²) < 4.78 is 1.71. The van der Waals surface area contributed by atoms with Gasteiger partial charge in [-0.05, 0) is 17.7 Å². The van der Waals surface area contributed by atoms with E-state index in [-0.39, 0.29) is 23.4 Å². The van der Waals surface area contributed by atoms with Crippen LogP contribution in [0.4, 0.5) is 5.69 Å². The van der Waals surface area contributed by atoms with E-state index < -0.39 is 10.9 Å². The first-order valence-electron chi connectivity index (χ1n) is 5.75. The molecule has 0 aliphatic rings. The molecular formula is C13H9BrN2O5. The topological polar surface area (TPSA) is 102 Å². The van der Waals surface area contributed by atoms with Gasteiger partial charge in [-0.15, -0.1) is 0 Å². The molecule has 0 atom stereocenters. The van der Waals surface area contributed by atoms with Crippen LogP contribution in [0.15, 0.2) is 45.8 Å².